The Morgan fingerprint density at radius 3 is 2.00 bits per heavy atom. The van der Waals surface area contributed by atoms with Gasteiger partial charge in [-0.05, 0) is 13.8 Å². The average Bonchev–Trinajstić information content (AvgIpc) is 2.02. The van der Waals surface area contributed by atoms with Gasteiger partial charge in [0.25, 0.3) is 0 Å². The summed E-state index contributed by atoms with van der Waals surface area (Å²) in [6, 6.07) is -0.720. The van der Waals surface area contributed by atoms with E-state index >= 15 is 0 Å². The minimum atomic E-state index is -0.720. The van der Waals surface area contributed by atoms with Gasteiger partial charge in [0.05, 0.1) is 5.92 Å². The molecule has 4 nitrogen and oxygen atoms in total. The van der Waals surface area contributed by atoms with Crippen molar-refractivity contribution in [3.8, 4) is 0 Å². The Labute approximate surface area is 78.4 Å². The molecule has 0 aliphatic heterocycles. The third kappa shape index (κ3) is 4.03. The van der Waals surface area contributed by atoms with Crippen molar-refractivity contribution in [3.63, 3.8) is 0 Å². The van der Waals surface area contributed by atoms with Crippen molar-refractivity contribution in [2.75, 3.05) is 0 Å². The summed E-state index contributed by atoms with van der Waals surface area (Å²) in [5.74, 6) is -0.699. The largest absolute Gasteiger partial charge is 0.460 e. The lowest BCUT2D eigenvalue weighted by Crippen LogP contribution is -2.42. The Morgan fingerprint density at radius 1 is 1.23 bits per heavy atom. The quantitative estimate of drug-likeness (QED) is 0.650. The molecule has 0 aromatic carbocycles. The first-order valence-electron chi connectivity index (χ1n) is 4.32. The summed E-state index contributed by atoms with van der Waals surface area (Å²) in [5, 5.41) is 0. The summed E-state index contributed by atoms with van der Waals surface area (Å²) in [5.41, 5.74) is 5.48. The van der Waals surface area contributed by atoms with Gasteiger partial charge in [0, 0.05) is 0 Å². The van der Waals surface area contributed by atoms with Gasteiger partial charge in [0.2, 0.25) is 0 Å². The van der Waals surface area contributed by atoms with Crippen LogP contribution < -0.4 is 5.73 Å². The second-order valence-electron chi connectivity index (χ2n) is 3.43. The topological polar surface area (TPSA) is 69.4 Å². The number of carbonyl (C=O) groups is 2. The van der Waals surface area contributed by atoms with Crippen LogP contribution in [0.15, 0.2) is 0 Å². The first-order valence-corrected chi connectivity index (χ1v) is 4.32. The van der Waals surface area contributed by atoms with Gasteiger partial charge in [-0.2, -0.15) is 0 Å². The summed E-state index contributed by atoms with van der Waals surface area (Å²) in [7, 11) is 0. The Kier molecular flexibility index (Phi) is 4.62. The molecule has 0 amide bonds. The van der Waals surface area contributed by atoms with Gasteiger partial charge in [-0.15, -0.1) is 0 Å². The van der Waals surface area contributed by atoms with E-state index in [1.165, 1.54) is 6.92 Å². The molecule has 0 radical (unpaired) electrons. The van der Waals surface area contributed by atoms with E-state index in [2.05, 4.69) is 0 Å². The van der Waals surface area contributed by atoms with Crippen LogP contribution in [0.2, 0.25) is 0 Å². The normalized spacial score (nSPS) is 15.2. The third-order valence-corrected chi connectivity index (χ3v) is 1.75. The minimum Gasteiger partial charge on any atom is -0.460 e. The zero-order valence-corrected chi connectivity index (χ0v) is 8.53. The van der Waals surface area contributed by atoms with Crippen LogP contribution in [0.5, 0.6) is 0 Å². The van der Waals surface area contributed by atoms with Crippen LogP contribution in [0.3, 0.4) is 0 Å². The molecule has 76 valence electrons. The lowest BCUT2D eigenvalue weighted by Gasteiger charge is -2.18. The monoisotopic (exact) mass is 187 g/mol. The first kappa shape index (κ1) is 12.1. The van der Waals surface area contributed by atoms with Gasteiger partial charge in [0.15, 0.2) is 0 Å². The van der Waals surface area contributed by atoms with Crippen molar-refractivity contribution < 1.29 is 14.3 Å². The molecule has 2 N–H and O–H groups in total. The van der Waals surface area contributed by atoms with Gasteiger partial charge >= 0.3 is 5.97 Å². The van der Waals surface area contributed by atoms with Crippen LogP contribution in [0.1, 0.15) is 27.7 Å². The number of ketones is 1. The molecular formula is C9H17NO3. The van der Waals surface area contributed by atoms with Gasteiger partial charge in [-0.3, -0.25) is 9.59 Å². The Hall–Kier alpha value is -0.900. The number of Topliss-reactive ketones (excluding diaryl/α,β-unsaturated/α-hetero) is 1. The number of ether oxygens (including phenoxy) is 1. The molecule has 13 heavy (non-hydrogen) atoms. The van der Waals surface area contributed by atoms with E-state index in [1.54, 1.807) is 20.8 Å². The summed E-state index contributed by atoms with van der Waals surface area (Å²) in [6.07, 6.45) is -0.549. The highest BCUT2D eigenvalue weighted by Gasteiger charge is 2.21. The number of nitrogens with two attached hydrogens (primary N) is 1. The number of rotatable bonds is 4. The molecule has 0 rings (SSSR count). The van der Waals surface area contributed by atoms with Crippen LogP contribution in [0.25, 0.3) is 0 Å². The summed E-state index contributed by atoms with van der Waals surface area (Å²) < 4.78 is 4.95. The maximum Gasteiger partial charge on any atom is 0.308 e. The smallest absolute Gasteiger partial charge is 0.308 e. The number of hydrogen-bond acceptors (Lipinski definition) is 4. The molecule has 0 unspecified atom stereocenters. The highest BCUT2D eigenvalue weighted by Crippen LogP contribution is 2.03. The van der Waals surface area contributed by atoms with E-state index in [0.717, 1.165) is 0 Å². The van der Waals surface area contributed by atoms with Gasteiger partial charge in [-0.1, -0.05) is 13.8 Å². The SMILES string of the molecule is CC(=O)[C@@H](N)[C@H](C)OC(=O)C(C)C. The lowest BCUT2D eigenvalue weighted by atomic mass is 10.1. The molecular weight excluding hydrogens is 170 g/mol. The van der Waals surface area contributed by atoms with Crippen molar-refractivity contribution in [1.29, 1.82) is 0 Å². The first-order chi connectivity index (χ1) is 5.86. The second kappa shape index (κ2) is 4.97. The molecule has 0 aliphatic rings. The number of hydrogen-bond donors (Lipinski definition) is 1. The molecule has 2 atom stereocenters. The fourth-order valence-corrected chi connectivity index (χ4v) is 0.723. The summed E-state index contributed by atoms with van der Waals surface area (Å²) in [6.45, 7) is 6.46. The van der Waals surface area contributed by atoms with Crippen LogP contribution in [0.4, 0.5) is 0 Å². The maximum absolute atomic E-state index is 11.1. The predicted molar refractivity (Wildman–Crippen MR) is 49.0 cm³/mol. The number of esters is 1. The van der Waals surface area contributed by atoms with Gasteiger partial charge in [-0.25, -0.2) is 0 Å². The Bertz CT molecular complexity index is 201. The standard InChI is InChI=1S/C9H17NO3/c1-5(2)9(12)13-7(4)8(10)6(3)11/h5,7-8H,10H2,1-4H3/t7-,8+/m0/s1. The number of carbonyl (C=O) groups excluding carboxylic acids is 2. The third-order valence-electron chi connectivity index (χ3n) is 1.75. The zero-order chi connectivity index (χ0) is 10.6. The summed E-state index contributed by atoms with van der Waals surface area (Å²) >= 11 is 0. The van der Waals surface area contributed by atoms with E-state index in [-0.39, 0.29) is 17.7 Å². The van der Waals surface area contributed by atoms with Crippen molar-refractivity contribution in [2.24, 2.45) is 11.7 Å². The van der Waals surface area contributed by atoms with E-state index < -0.39 is 12.1 Å². The Morgan fingerprint density at radius 2 is 1.69 bits per heavy atom. The van der Waals surface area contributed by atoms with Crippen LogP contribution >= 0.6 is 0 Å². The molecule has 0 saturated carbocycles. The van der Waals surface area contributed by atoms with Crippen molar-refractivity contribution in [1.82, 2.24) is 0 Å². The van der Waals surface area contributed by atoms with E-state index in [1.807, 2.05) is 0 Å². The van der Waals surface area contributed by atoms with Gasteiger partial charge < -0.3 is 10.5 Å². The van der Waals surface area contributed by atoms with E-state index in [4.69, 9.17) is 10.5 Å². The molecule has 0 aromatic heterocycles. The minimum absolute atomic E-state index is 0.177. The predicted octanol–water partition coefficient (Wildman–Crippen LogP) is 0.490. The molecule has 0 saturated heterocycles. The summed E-state index contributed by atoms with van der Waals surface area (Å²) in [4.78, 5) is 21.9. The molecule has 0 aliphatic carbocycles. The molecule has 0 heterocycles. The lowest BCUT2D eigenvalue weighted by molar-refractivity contribution is -0.153. The van der Waals surface area contributed by atoms with Crippen molar-refractivity contribution in [2.45, 2.75) is 39.8 Å². The highest BCUT2D eigenvalue weighted by molar-refractivity contribution is 5.82. The van der Waals surface area contributed by atoms with Crippen LogP contribution in [0, 0.1) is 5.92 Å². The Balaban J connectivity index is 4.07. The van der Waals surface area contributed by atoms with E-state index in [9.17, 15) is 9.59 Å². The maximum atomic E-state index is 11.1. The highest BCUT2D eigenvalue weighted by atomic mass is 16.5. The second-order valence-corrected chi connectivity index (χ2v) is 3.43. The molecule has 4 heteroatoms. The fourth-order valence-electron chi connectivity index (χ4n) is 0.723. The van der Waals surface area contributed by atoms with E-state index in [0.29, 0.717) is 0 Å². The van der Waals surface area contributed by atoms with Crippen LogP contribution in [-0.4, -0.2) is 23.9 Å². The fraction of sp³-hybridized carbons (Fsp3) is 0.778. The van der Waals surface area contributed by atoms with Gasteiger partial charge in [0.1, 0.15) is 17.9 Å². The van der Waals surface area contributed by atoms with Crippen LogP contribution in [-0.2, 0) is 14.3 Å². The zero-order valence-electron chi connectivity index (χ0n) is 8.53. The molecule has 0 aromatic rings. The van der Waals surface area contributed by atoms with Crippen molar-refractivity contribution in [3.05, 3.63) is 0 Å². The molecule has 0 bridgehead atoms. The van der Waals surface area contributed by atoms with Crippen molar-refractivity contribution >= 4 is 11.8 Å². The molecule has 0 fully saturated rings. The average molecular weight is 187 g/mol. The molecule has 0 spiro atoms.